The van der Waals surface area contributed by atoms with Gasteiger partial charge >= 0.3 is 5.97 Å². The maximum absolute atomic E-state index is 12.6. The van der Waals surface area contributed by atoms with Crippen LogP contribution in [0.4, 0.5) is 5.69 Å². The van der Waals surface area contributed by atoms with E-state index in [-0.39, 0.29) is 47.3 Å². The highest BCUT2D eigenvalue weighted by Gasteiger charge is 2.35. The molecule has 10 nitrogen and oxygen atoms in total. The van der Waals surface area contributed by atoms with Gasteiger partial charge in [0.1, 0.15) is 11.4 Å². The zero-order chi connectivity index (χ0) is 20.9. The maximum Gasteiger partial charge on any atom is 0.337 e. The second-order valence-electron chi connectivity index (χ2n) is 5.83. The number of hydrogen-bond acceptors (Lipinski definition) is 9. The Labute approximate surface area is 162 Å². The van der Waals surface area contributed by atoms with Crippen molar-refractivity contribution in [2.45, 2.75) is 4.90 Å². The lowest BCUT2D eigenvalue weighted by Crippen LogP contribution is -2.31. The molecule has 28 heavy (non-hydrogen) atoms. The molecule has 2 rings (SSSR count). The van der Waals surface area contributed by atoms with Crippen molar-refractivity contribution in [2.75, 3.05) is 51.6 Å². The van der Waals surface area contributed by atoms with Crippen LogP contribution in [-0.4, -0.2) is 81.7 Å². The van der Waals surface area contributed by atoms with E-state index in [1.54, 1.807) is 0 Å². The molecule has 0 unspecified atom stereocenters. The molecule has 0 radical (unpaired) electrons. The van der Waals surface area contributed by atoms with Gasteiger partial charge in [0.05, 0.1) is 55.9 Å². The van der Waals surface area contributed by atoms with E-state index < -0.39 is 34.1 Å². The van der Waals surface area contributed by atoms with Gasteiger partial charge in [0.25, 0.3) is 5.91 Å². The van der Waals surface area contributed by atoms with E-state index in [2.05, 4.69) is 5.32 Å². The number of rotatable bonds is 9. The molecule has 1 heterocycles. The lowest BCUT2D eigenvalue weighted by Gasteiger charge is -2.16. The standard InChI is InChI=1S/C17H22N2O8S/c1-26-14-4-3-11(28(24,25)8-7-21)9-13(14)18-15-12(17(23)27-2)10-19(5-6-20)16(15)22/h3-4,9,18,20-21H,5-8,10H2,1-2H3. The Hall–Kier alpha value is -2.63. The average Bonchev–Trinajstić information content (AvgIpc) is 2.97. The molecule has 11 heteroatoms. The van der Waals surface area contributed by atoms with Crippen LogP contribution in [0.3, 0.4) is 0 Å². The normalized spacial score (nSPS) is 14.4. The minimum absolute atomic E-state index is 0.0204. The number of benzene rings is 1. The number of anilines is 1. The van der Waals surface area contributed by atoms with Crippen molar-refractivity contribution in [2.24, 2.45) is 0 Å². The van der Waals surface area contributed by atoms with Crippen molar-refractivity contribution >= 4 is 27.4 Å². The zero-order valence-electron chi connectivity index (χ0n) is 15.5. The summed E-state index contributed by atoms with van der Waals surface area (Å²) in [6.45, 7) is -0.860. The molecule has 1 aromatic carbocycles. The first kappa shape index (κ1) is 21.7. The van der Waals surface area contributed by atoms with Crippen LogP contribution in [0.1, 0.15) is 0 Å². The van der Waals surface area contributed by atoms with Crippen LogP contribution in [0, 0.1) is 0 Å². The fourth-order valence-electron chi connectivity index (χ4n) is 2.70. The predicted molar refractivity (Wildman–Crippen MR) is 98.5 cm³/mol. The summed E-state index contributed by atoms with van der Waals surface area (Å²) in [4.78, 5) is 25.8. The number of carbonyl (C=O) groups is 2. The van der Waals surface area contributed by atoms with Gasteiger partial charge in [-0.05, 0) is 18.2 Å². The van der Waals surface area contributed by atoms with Gasteiger partial charge in [-0.1, -0.05) is 0 Å². The van der Waals surface area contributed by atoms with Gasteiger partial charge in [0.2, 0.25) is 0 Å². The van der Waals surface area contributed by atoms with Crippen LogP contribution >= 0.6 is 0 Å². The molecular weight excluding hydrogens is 392 g/mol. The highest BCUT2D eigenvalue weighted by molar-refractivity contribution is 7.91. The molecule has 1 aliphatic rings. The number of ether oxygens (including phenoxy) is 2. The number of esters is 1. The quantitative estimate of drug-likeness (QED) is 0.440. The number of sulfone groups is 1. The fourth-order valence-corrected chi connectivity index (χ4v) is 3.75. The van der Waals surface area contributed by atoms with Gasteiger partial charge in [-0.3, -0.25) is 4.79 Å². The second kappa shape index (κ2) is 9.04. The molecule has 0 saturated carbocycles. The van der Waals surface area contributed by atoms with Gasteiger partial charge in [0.15, 0.2) is 9.84 Å². The highest BCUT2D eigenvalue weighted by Crippen LogP contribution is 2.31. The first-order valence-corrected chi connectivity index (χ1v) is 9.94. The molecule has 0 atom stereocenters. The van der Waals surface area contributed by atoms with Gasteiger partial charge in [-0.2, -0.15) is 0 Å². The van der Waals surface area contributed by atoms with Crippen LogP contribution < -0.4 is 10.1 Å². The molecule has 0 saturated heterocycles. The smallest absolute Gasteiger partial charge is 0.337 e. The monoisotopic (exact) mass is 414 g/mol. The Morgan fingerprint density at radius 1 is 1.25 bits per heavy atom. The van der Waals surface area contributed by atoms with E-state index >= 15 is 0 Å². The zero-order valence-corrected chi connectivity index (χ0v) is 16.3. The average molecular weight is 414 g/mol. The summed E-state index contributed by atoms with van der Waals surface area (Å²) in [5.74, 6) is -1.48. The van der Waals surface area contributed by atoms with Crippen LogP contribution in [0.2, 0.25) is 0 Å². The third kappa shape index (κ3) is 4.43. The lowest BCUT2D eigenvalue weighted by atomic mass is 10.2. The van der Waals surface area contributed by atoms with Crippen molar-refractivity contribution < 1.29 is 37.7 Å². The topological polar surface area (TPSA) is 142 Å². The number of hydrogen-bond donors (Lipinski definition) is 3. The number of nitrogens with zero attached hydrogens (tertiary/aromatic N) is 1. The SMILES string of the molecule is COC(=O)C1=C(Nc2cc(S(=O)(=O)CCO)ccc2OC)C(=O)N(CCO)C1. The molecule has 0 spiro atoms. The number of β-amino-alcohol motifs (C(OH)–C–C–N with tert-alkyl or cyclic N) is 1. The Morgan fingerprint density at radius 2 is 1.96 bits per heavy atom. The van der Waals surface area contributed by atoms with Crippen molar-refractivity contribution in [1.29, 1.82) is 0 Å². The number of amides is 1. The maximum atomic E-state index is 12.6. The van der Waals surface area contributed by atoms with Crippen molar-refractivity contribution in [3.63, 3.8) is 0 Å². The first-order valence-electron chi connectivity index (χ1n) is 8.29. The van der Waals surface area contributed by atoms with E-state index in [9.17, 15) is 18.0 Å². The number of carbonyl (C=O) groups excluding carboxylic acids is 2. The summed E-state index contributed by atoms with van der Waals surface area (Å²) in [6, 6.07) is 3.97. The molecular formula is C17H22N2O8S. The minimum atomic E-state index is -3.74. The first-order chi connectivity index (χ1) is 13.3. The van der Waals surface area contributed by atoms with E-state index in [0.29, 0.717) is 0 Å². The van der Waals surface area contributed by atoms with E-state index in [1.807, 2.05) is 0 Å². The minimum Gasteiger partial charge on any atom is -0.495 e. The lowest BCUT2D eigenvalue weighted by molar-refractivity contribution is -0.136. The van der Waals surface area contributed by atoms with Gasteiger partial charge in [-0.15, -0.1) is 0 Å². The third-order valence-electron chi connectivity index (χ3n) is 4.10. The number of aliphatic hydroxyl groups excluding tert-OH is 2. The number of methoxy groups -OCH3 is 2. The van der Waals surface area contributed by atoms with Gasteiger partial charge in [-0.25, -0.2) is 13.2 Å². The highest BCUT2D eigenvalue weighted by atomic mass is 32.2. The third-order valence-corrected chi connectivity index (χ3v) is 5.80. The van der Waals surface area contributed by atoms with Crippen LogP contribution in [0.25, 0.3) is 0 Å². The Morgan fingerprint density at radius 3 is 2.54 bits per heavy atom. The molecule has 1 aromatic rings. The largest absolute Gasteiger partial charge is 0.495 e. The Balaban J connectivity index is 2.48. The summed E-state index contributed by atoms with van der Waals surface area (Å²) in [5.41, 5.74) is 0.110. The van der Waals surface area contributed by atoms with Gasteiger partial charge < -0.3 is 29.9 Å². The van der Waals surface area contributed by atoms with Crippen molar-refractivity contribution in [3.8, 4) is 5.75 Å². The summed E-state index contributed by atoms with van der Waals surface area (Å²) >= 11 is 0. The van der Waals surface area contributed by atoms with E-state index in [0.717, 1.165) is 0 Å². The molecule has 1 aliphatic heterocycles. The van der Waals surface area contributed by atoms with Crippen molar-refractivity contribution in [1.82, 2.24) is 4.90 Å². The second-order valence-corrected chi connectivity index (χ2v) is 7.93. The number of nitrogens with one attached hydrogen (secondary N) is 1. The molecule has 0 bridgehead atoms. The van der Waals surface area contributed by atoms with E-state index in [1.165, 1.54) is 37.3 Å². The summed E-state index contributed by atoms with van der Waals surface area (Å²) in [7, 11) is -1.20. The predicted octanol–water partition coefficient (Wildman–Crippen LogP) is -0.865. The van der Waals surface area contributed by atoms with Crippen LogP contribution in [-0.2, 0) is 24.2 Å². The Bertz CT molecular complexity index is 894. The van der Waals surface area contributed by atoms with Crippen molar-refractivity contribution in [3.05, 3.63) is 29.5 Å². The molecule has 3 N–H and O–H groups in total. The van der Waals surface area contributed by atoms with Crippen LogP contribution in [0.5, 0.6) is 5.75 Å². The Kier molecular flexibility index (Phi) is 7.00. The summed E-state index contributed by atoms with van der Waals surface area (Å²) in [6.07, 6.45) is 0. The summed E-state index contributed by atoms with van der Waals surface area (Å²) in [5, 5.41) is 20.8. The van der Waals surface area contributed by atoms with Crippen LogP contribution in [0.15, 0.2) is 34.4 Å². The number of aliphatic hydroxyl groups is 2. The molecule has 0 aromatic heterocycles. The van der Waals surface area contributed by atoms with E-state index in [4.69, 9.17) is 19.7 Å². The molecule has 154 valence electrons. The molecule has 1 amide bonds. The van der Waals surface area contributed by atoms with Gasteiger partial charge in [0, 0.05) is 6.54 Å². The molecule has 0 fully saturated rings. The summed E-state index contributed by atoms with van der Waals surface area (Å²) < 4.78 is 34.4. The molecule has 0 aliphatic carbocycles. The fraction of sp³-hybridized carbons (Fsp3) is 0.412.